The Morgan fingerprint density at radius 1 is 1.67 bits per heavy atom. The zero-order valence-electron chi connectivity index (χ0n) is 5.94. The zero-order valence-corrected chi connectivity index (χ0v) is 7.52. The van der Waals surface area contributed by atoms with Crippen LogP contribution in [0.2, 0.25) is 0 Å². The van der Waals surface area contributed by atoms with E-state index in [2.05, 4.69) is 4.98 Å². The van der Waals surface area contributed by atoms with Gasteiger partial charge in [0.15, 0.2) is 5.03 Å². The third kappa shape index (κ3) is 2.18. The molecule has 12 heavy (non-hydrogen) atoms. The lowest BCUT2D eigenvalue weighted by Gasteiger charge is -1.92. The van der Waals surface area contributed by atoms with Gasteiger partial charge in [-0.25, -0.2) is 17.8 Å². The minimum absolute atomic E-state index is 0.0827. The van der Waals surface area contributed by atoms with Gasteiger partial charge in [0, 0.05) is 16.9 Å². The van der Waals surface area contributed by atoms with Crippen molar-refractivity contribution in [2.24, 2.45) is 0 Å². The quantitative estimate of drug-likeness (QED) is 0.696. The summed E-state index contributed by atoms with van der Waals surface area (Å²) in [5.41, 5.74) is 0. The number of halogens is 2. The van der Waals surface area contributed by atoms with Crippen molar-refractivity contribution in [3.63, 3.8) is 0 Å². The molecule has 0 N–H and O–H groups in total. The summed E-state index contributed by atoms with van der Waals surface area (Å²) < 4.78 is 34.4. The van der Waals surface area contributed by atoms with Crippen molar-refractivity contribution in [1.82, 2.24) is 9.55 Å². The monoisotopic (exact) mass is 212 g/mol. The summed E-state index contributed by atoms with van der Waals surface area (Å²) in [5.74, 6) is 0. The summed E-state index contributed by atoms with van der Waals surface area (Å²) in [6.07, 6.45) is 2.40. The molecule has 0 radical (unpaired) electrons. The number of aryl methyl sites for hydroxylation is 1. The maximum Gasteiger partial charge on any atom is 0.280 e. The highest BCUT2D eigenvalue weighted by Gasteiger charge is 2.12. The molecule has 4 nitrogen and oxygen atoms in total. The van der Waals surface area contributed by atoms with Gasteiger partial charge in [-0.3, -0.25) is 0 Å². The normalized spacial score (nSPS) is 11.8. The van der Waals surface area contributed by atoms with Crippen molar-refractivity contribution in [3.05, 3.63) is 12.5 Å². The van der Waals surface area contributed by atoms with Crippen molar-refractivity contribution in [2.75, 3.05) is 6.67 Å². The average Bonchev–Trinajstić information content (AvgIpc) is 2.35. The maximum atomic E-state index is 11.8. The Bertz CT molecular complexity index is 361. The molecule has 7 heteroatoms. The van der Waals surface area contributed by atoms with Crippen LogP contribution in [0.5, 0.6) is 0 Å². The van der Waals surface area contributed by atoms with Gasteiger partial charge in [-0.15, -0.1) is 0 Å². The van der Waals surface area contributed by atoms with E-state index in [1.165, 1.54) is 17.1 Å². The fraction of sp³-hybridized carbons (Fsp3) is 0.400. The minimum Gasteiger partial charge on any atom is -0.333 e. The third-order valence-electron chi connectivity index (χ3n) is 1.20. The van der Waals surface area contributed by atoms with E-state index in [1.807, 2.05) is 0 Å². The van der Waals surface area contributed by atoms with Gasteiger partial charge in [0.05, 0.1) is 12.9 Å². The summed E-state index contributed by atoms with van der Waals surface area (Å²) in [6, 6.07) is 0. The smallest absolute Gasteiger partial charge is 0.280 e. The van der Waals surface area contributed by atoms with Gasteiger partial charge in [-0.2, -0.15) is 0 Å². The van der Waals surface area contributed by atoms with E-state index < -0.39 is 15.7 Å². The van der Waals surface area contributed by atoms with Crippen molar-refractivity contribution in [2.45, 2.75) is 11.6 Å². The second kappa shape index (κ2) is 3.40. The van der Waals surface area contributed by atoms with Gasteiger partial charge in [-0.05, 0) is 0 Å². The van der Waals surface area contributed by atoms with Gasteiger partial charge >= 0.3 is 0 Å². The van der Waals surface area contributed by atoms with Crippen molar-refractivity contribution in [3.8, 4) is 0 Å². The van der Waals surface area contributed by atoms with Crippen LogP contribution in [0.4, 0.5) is 4.39 Å². The van der Waals surface area contributed by atoms with Crippen molar-refractivity contribution >= 4 is 19.7 Å². The van der Waals surface area contributed by atoms with E-state index in [9.17, 15) is 12.8 Å². The number of imidazole rings is 1. The van der Waals surface area contributed by atoms with Gasteiger partial charge in [0.25, 0.3) is 9.05 Å². The second-order valence-corrected chi connectivity index (χ2v) is 4.59. The molecule has 1 rings (SSSR count). The number of aromatic nitrogens is 2. The second-order valence-electron chi connectivity index (χ2n) is 2.08. The van der Waals surface area contributed by atoms with E-state index in [4.69, 9.17) is 10.7 Å². The number of hydrogen-bond acceptors (Lipinski definition) is 3. The molecule has 0 aliphatic carbocycles. The molecule has 0 fully saturated rings. The first-order valence-electron chi connectivity index (χ1n) is 3.06. The van der Waals surface area contributed by atoms with Crippen LogP contribution >= 0.6 is 10.7 Å². The molecular weight excluding hydrogens is 207 g/mol. The molecule has 68 valence electrons. The molecule has 0 saturated heterocycles. The molecule has 0 saturated carbocycles. The Labute approximate surface area is 73.4 Å². The van der Waals surface area contributed by atoms with Crippen LogP contribution < -0.4 is 0 Å². The van der Waals surface area contributed by atoms with Crippen LogP contribution in [-0.2, 0) is 15.6 Å². The fourth-order valence-electron chi connectivity index (χ4n) is 0.685. The Hall–Kier alpha value is -0.620. The predicted molar refractivity (Wildman–Crippen MR) is 41.2 cm³/mol. The summed E-state index contributed by atoms with van der Waals surface area (Å²) in [6.45, 7) is -0.489. The Morgan fingerprint density at radius 2 is 2.33 bits per heavy atom. The molecule has 0 bridgehead atoms. The van der Waals surface area contributed by atoms with E-state index in [1.54, 1.807) is 0 Å². The molecule has 0 atom stereocenters. The van der Waals surface area contributed by atoms with Gasteiger partial charge in [0.1, 0.15) is 6.67 Å². The first-order chi connectivity index (χ1) is 5.54. The number of rotatable bonds is 3. The molecule has 0 unspecified atom stereocenters. The highest BCUT2D eigenvalue weighted by molar-refractivity contribution is 8.13. The van der Waals surface area contributed by atoms with Crippen LogP contribution in [-0.4, -0.2) is 24.6 Å². The van der Waals surface area contributed by atoms with Gasteiger partial charge in [0.2, 0.25) is 0 Å². The third-order valence-corrected chi connectivity index (χ3v) is 2.39. The van der Waals surface area contributed by atoms with Crippen LogP contribution in [0.25, 0.3) is 0 Å². The minimum atomic E-state index is -3.78. The topological polar surface area (TPSA) is 52.0 Å². The van der Waals surface area contributed by atoms with Crippen LogP contribution in [0.3, 0.4) is 0 Å². The first-order valence-corrected chi connectivity index (χ1v) is 5.37. The number of alkyl halides is 1. The molecule has 0 spiro atoms. The maximum absolute atomic E-state index is 11.8. The van der Waals surface area contributed by atoms with Crippen molar-refractivity contribution in [1.29, 1.82) is 0 Å². The van der Waals surface area contributed by atoms with E-state index in [0.29, 0.717) is 0 Å². The largest absolute Gasteiger partial charge is 0.333 e. The standard InChI is InChI=1S/C5H6ClFN2O2S/c6-12(10,11)5-3-9(2-1-7)4-8-5/h3-4H,1-2H2. The lowest BCUT2D eigenvalue weighted by molar-refractivity contribution is 0.445. The van der Waals surface area contributed by atoms with Gasteiger partial charge in [-0.1, -0.05) is 0 Å². The van der Waals surface area contributed by atoms with E-state index in [0.717, 1.165) is 0 Å². The van der Waals surface area contributed by atoms with E-state index in [-0.39, 0.29) is 11.6 Å². The lowest BCUT2D eigenvalue weighted by Crippen LogP contribution is -1.95. The summed E-state index contributed by atoms with van der Waals surface area (Å²) in [5, 5.41) is -0.252. The fourth-order valence-corrected chi connectivity index (χ4v) is 1.36. The lowest BCUT2D eigenvalue weighted by atomic mass is 10.7. The highest BCUT2D eigenvalue weighted by atomic mass is 35.7. The van der Waals surface area contributed by atoms with Gasteiger partial charge < -0.3 is 4.57 Å². The van der Waals surface area contributed by atoms with E-state index >= 15 is 0 Å². The molecular formula is C5H6ClFN2O2S. The van der Waals surface area contributed by atoms with Crippen LogP contribution in [0.15, 0.2) is 17.6 Å². The van der Waals surface area contributed by atoms with Crippen LogP contribution in [0, 0.1) is 0 Å². The summed E-state index contributed by atoms with van der Waals surface area (Å²) in [7, 11) is 1.19. The molecule has 0 aliphatic rings. The highest BCUT2D eigenvalue weighted by Crippen LogP contribution is 2.10. The molecule has 1 aromatic heterocycles. The van der Waals surface area contributed by atoms with Crippen LogP contribution in [0.1, 0.15) is 0 Å². The predicted octanol–water partition coefficient (Wildman–Crippen LogP) is 0.780. The molecule has 0 aromatic carbocycles. The summed E-state index contributed by atoms with van der Waals surface area (Å²) in [4.78, 5) is 3.48. The van der Waals surface area contributed by atoms with Crippen molar-refractivity contribution < 1.29 is 12.8 Å². The molecule has 1 heterocycles. The first kappa shape index (κ1) is 9.47. The SMILES string of the molecule is O=S(=O)(Cl)c1cn(CCF)cn1. The molecule has 1 aromatic rings. The Morgan fingerprint density at radius 3 is 2.75 bits per heavy atom. The Kier molecular flexibility index (Phi) is 2.69. The number of nitrogens with zero attached hydrogens (tertiary/aromatic N) is 2. The Balaban J connectivity index is 2.92. The zero-order chi connectivity index (χ0) is 9.19. The summed E-state index contributed by atoms with van der Waals surface area (Å²) >= 11 is 0. The number of hydrogen-bond donors (Lipinski definition) is 0. The molecule has 0 aliphatic heterocycles. The average molecular weight is 213 g/mol. The molecule has 0 amide bonds.